The first-order valence-electron chi connectivity index (χ1n) is 12.1. The summed E-state index contributed by atoms with van der Waals surface area (Å²) in [5, 5.41) is 3.38. The predicted octanol–water partition coefficient (Wildman–Crippen LogP) is 7.68. The van der Waals surface area contributed by atoms with Crippen molar-refractivity contribution in [1.82, 2.24) is 0 Å². The molecule has 4 rings (SSSR count). The molecule has 1 N–H and O–H groups in total. The fourth-order valence-electron chi connectivity index (χ4n) is 3.88. The molecule has 1 amide bonds. The van der Waals surface area contributed by atoms with Gasteiger partial charge in [-0.1, -0.05) is 53.2 Å². The van der Waals surface area contributed by atoms with Gasteiger partial charge in [0.2, 0.25) is 0 Å². The van der Waals surface area contributed by atoms with Gasteiger partial charge in [-0.25, -0.2) is 4.79 Å². The summed E-state index contributed by atoms with van der Waals surface area (Å²) >= 11 is 4.79. The van der Waals surface area contributed by atoms with Crippen molar-refractivity contribution in [2.45, 2.75) is 26.4 Å². The molecule has 4 aromatic rings. The quantitative estimate of drug-likeness (QED) is 0.191. The molecule has 0 unspecified atom stereocenters. The van der Waals surface area contributed by atoms with E-state index in [1.807, 2.05) is 54.6 Å². The molecule has 0 saturated carbocycles. The van der Waals surface area contributed by atoms with Gasteiger partial charge in [0.25, 0.3) is 5.91 Å². The molecule has 6 nitrogen and oxygen atoms in total. The maximum absolute atomic E-state index is 13.3. The van der Waals surface area contributed by atoms with Crippen molar-refractivity contribution in [1.29, 1.82) is 0 Å². The summed E-state index contributed by atoms with van der Waals surface area (Å²) in [5.74, 6) is 0.542. The fourth-order valence-corrected chi connectivity index (χ4v) is 5.27. The number of hydrogen-bond acceptors (Lipinski definition) is 6. The predicted molar refractivity (Wildman–Crippen MR) is 154 cm³/mol. The van der Waals surface area contributed by atoms with Gasteiger partial charge >= 0.3 is 5.97 Å². The van der Waals surface area contributed by atoms with E-state index in [4.69, 9.17) is 14.2 Å². The van der Waals surface area contributed by atoms with Crippen LogP contribution in [0.5, 0.6) is 11.5 Å². The van der Waals surface area contributed by atoms with Gasteiger partial charge in [0.1, 0.15) is 23.1 Å². The Morgan fingerprint density at radius 2 is 1.74 bits per heavy atom. The lowest BCUT2D eigenvalue weighted by Crippen LogP contribution is -2.15. The number of esters is 1. The van der Waals surface area contributed by atoms with E-state index in [-0.39, 0.29) is 25.0 Å². The summed E-state index contributed by atoms with van der Waals surface area (Å²) in [6.07, 6.45) is 0. The number of thiophene rings is 1. The number of methoxy groups -OCH3 is 1. The third-order valence-corrected chi connectivity index (χ3v) is 7.71. The van der Waals surface area contributed by atoms with Gasteiger partial charge < -0.3 is 19.5 Å². The van der Waals surface area contributed by atoms with Crippen molar-refractivity contribution < 1.29 is 23.8 Å². The lowest BCUT2D eigenvalue weighted by atomic mass is 9.99. The van der Waals surface area contributed by atoms with Gasteiger partial charge in [-0.15, -0.1) is 11.3 Å². The minimum Gasteiger partial charge on any atom is -0.496 e. The van der Waals surface area contributed by atoms with E-state index < -0.39 is 5.97 Å². The highest BCUT2D eigenvalue weighted by molar-refractivity contribution is 9.10. The highest BCUT2D eigenvalue weighted by atomic mass is 79.9. The zero-order chi connectivity index (χ0) is 27.1. The second-order valence-electron chi connectivity index (χ2n) is 8.47. The zero-order valence-corrected chi connectivity index (χ0v) is 23.7. The second-order valence-corrected chi connectivity index (χ2v) is 10.5. The van der Waals surface area contributed by atoms with Crippen LogP contribution in [0.3, 0.4) is 0 Å². The van der Waals surface area contributed by atoms with E-state index >= 15 is 0 Å². The molecule has 0 fully saturated rings. The smallest absolute Gasteiger partial charge is 0.341 e. The summed E-state index contributed by atoms with van der Waals surface area (Å²) in [7, 11) is 1.57. The van der Waals surface area contributed by atoms with Crippen LogP contribution >= 0.6 is 27.3 Å². The number of anilines is 1. The van der Waals surface area contributed by atoms with E-state index in [0.29, 0.717) is 27.6 Å². The van der Waals surface area contributed by atoms with Crippen molar-refractivity contribution in [3.8, 4) is 11.5 Å². The molecule has 0 spiro atoms. The topological polar surface area (TPSA) is 73.9 Å². The van der Waals surface area contributed by atoms with Crippen LogP contribution in [0.25, 0.3) is 0 Å². The number of halogens is 1. The van der Waals surface area contributed by atoms with Crippen molar-refractivity contribution in [2.24, 2.45) is 0 Å². The monoisotopic (exact) mass is 593 g/mol. The average Bonchev–Trinajstić information content (AvgIpc) is 3.36. The van der Waals surface area contributed by atoms with Crippen LogP contribution in [-0.2, 0) is 11.3 Å². The van der Waals surface area contributed by atoms with E-state index in [1.54, 1.807) is 38.3 Å². The van der Waals surface area contributed by atoms with Crippen molar-refractivity contribution in [3.05, 3.63) is 110 Å². The SMILES string of the molecule is CCOC(=O)c1cc([C@@H](C)c2ccccc2)sc1NC(=O)c1ccc(OC)c(COc2ccc(Br)cc2)c1. The third kappa shape index (κ3) is 6.62. The summed E-state index contributed by atoms with van der Waals surface area (Å²) in [5.41, 5.74) is 2.60. The van der Waals surface area contributed by atoms with Gasteiger partial charge in [0.05, 0.1) is 19.3 Å². The molecule has 1 atom stereocenters. The van der Waals surface area contributed by atoms with Crippen LogP contribution in [0.4, 0.5) is 5.00 Å². The van der Waals surface area contributed by atoms with Crippen LogP contribution in [0.2, 0.25) is 0 Å². The van der Waals surface area contributed by atoms with Crippen molar-refractivity contribution in [3.63, 3.8) is 0 Å². The number of carbonyl (C=O) groups excluding carboxylic acids is 2. The maximum Gasteiger partial charge on any atom is 0.341 e. The van der Waals surface area contributed by atoms with Crippen LogP contribution in [0.1, 0.15) is 56.5 Å². The van der Waals surface area contributed by atoms with Gasteiger partial charge in [-0.2, -0.15) is 0 Å². The summed E-state index contributed by atoms with van der Waals surface area (Å²) in [4.78, 5) is 27.0. The first kappa shape index (κ1) is 27.4. The minimum atomic E-state index is -0.469. The number of carbonyl (C=O) groups is 2. The number of benzene rings is 3. The number of rotatable bonds is 10. The lowest BCUT2D eigenvalue weighted by molar-refractivity contribution is 0.0528. The number of hydrogen-bond donors (Lipinski definition) is 1. The van der Waals surface area contributed by atoms with E-state index in [9.17, 15) is 9.59 Å². The Morgan fingerprint density at radius 3 is 2.42 bits per heavy atom. The lowest BCUT2D eigenvalue weighted by Gasteiger charge is -2.13. The Labute approximate surface area is 234 Å². The number of amides is 1. The van der Waals surface area contributed by atoms with Crippen LogP contribution in [-0.4, -0.2) is 25.6 Å². The number of ether oxygens (including phenoxy) is 3. The van der Waals surface area contributed by atoms with Crippen molar-refractivity contribution in [2.75, 3.05) is 19.0 Å². The van der Waals surface area contributed by atoms with Crippen LogP contribution < -0.4 is 14.8 Å². The molecule has 0 bridgehead atoms. The molecule has 8 heteroatoms. The molecule has 0 aliphatic heterocycles. The molecule has 0 aliphatic carbocycles. The highest BCUT2D eigenvalue weighted by Gasteiger charge is 2.23. The average molecular weight is 595 g/mol. The Kier molecular flexibility index (Phi) is 9.20. The Bertz CT molecular complexity index is 1400. The molecule has 1 heterocycles. The first-order chi connectivity index (χ1) is 18.4. The molecule has 0 radical (unpaired) electrons. The first-order valence-corrected chi connectivity index (χ1v) is 13.7. The molecule has 1 aromatic heterocycles. The van der Waals surface area contributed by atoms with Gasteiger partial charge in [0, 0.05) is 26.4 Å². The molecule has 0 aliphatic rings. The highest BCUT2D eigenvalue weighted by Crippen LogP contribution is 2.37. The second kappa shape index (κ2) is 12.8. The molecule has 3 aromatic carbocycles. The van der Waals surface area contributed by atoms with E-state index in [2.05, 4.69) is 28.2 Å². The Hall–Kier alpha value is -3.62. The Morgan fingerprint density at radius 1 is 1.00 bits per heavy atom. The minimum absolute atomic E-state index is 0.0448. The normalized spacial score (nSPS) is 11.5. The molecule has 196 valence electrons. The van der Waals surface area contributed by atoms with Gasteiger partial charge in [0.15, 0.2) is 0 Å². The van der Waals surface area contributed by atoms with E-state index in [0.717, 1.165) is 20.5 Å². The maximum atomic E-state index is 13.3. The van der Waals surface area contributed by atoms with Crippen molar-refractivity contribution >= 4 is 44.1 Å². The summed E-state index contributed by atoms with van der Waals surface area (Å²) in [6.45, 7) is 4.29. The molecular weight excluding hydrogens is 566 g/mol. The molecular formula is C30H28BrNO5S. The summed E-state index contributed by atoms with van der Waals surface area (Å²) in [6, 6.07) is 24.5. The van der Waals surface area contributed by atoms with Gasteiger partial charge in [-0.3, -0.25) is 4.79 Å². The van der Waals surface area contributed by atoms with E-state index in [1.165, 1.54) is 11.3 Å². The summed E-state index contributed by atoms with van der Waals surface area (Å²) < 4.78 is 17.6. The third-order valence-electron chi connectivity index (χ3n) is 5.95. The van der Waals surface area contributed by atoms with Crippen LogP contribution in [0.15, 0.2) is 83.3 Å². The zero-order valence-electron chi connectivity index (χ0n) is 21.3. The number of nitrogens with one attached hydrogen (secondary N) is 1. The van der Waals surface area contributed by atoms with Crippen LogP contribution in [0, 0.1) is 0 Å². The van der Waals surface area contributed by atoms with Gasteiger partial charge in [-0.05, 0) is 61.0 Å². The fraction of sp³-hybridized carbons (Fsp3) is 0.200. The standard InChI is InChI=1S/C30H28BrNO5S/c1-4-36-30(34)25-17-27(19(2)20-8-6-5-7-9-20)38-29(25)32-28(33)21-10-15-26(35-3)22(16-21)18-37-24-13-11-23(31)12-14-24/h5-17,19H,4,18H2,1-3H3,(H,32,33)/t19-/m0/s1. The molecule has 38 heavy (non-hydrogen) atoms. The molecule has 0 saturated heterocycles. The largest absolute Gasteiger partial charge is 0.496 e. The Balaban J connectivity index is 1.58.